The highest BCUT2D eigenvalue weighted by molar-refractivity contribution is 5.80. The van der Waals surface area contributed by atoms with Gasteiger partial charge in [0.1, 0.15) is 0 Å². The second-order valence-corrected chi connectivity index (χ2v) is 5.16. The number of carboxylic acid groups (broad SMARTS) is 1. The van der Waals surface area contributed by atoms with Crippen molar-refractivity contribution in [3.05, 3.63) is 0 Å². The molecule has 1 heterocycles. The highest BCUT2D eigenvalue weighted by atomic mass is 16.5. The van der Waals surface area contributed by atoms with E-state index in [1.54, 1.807) is 12.0 Å². The van der Waals surface area contributed by atoms with Gasteiger partial charge < -0.3 is 20.1 Å². The Balaban J connectivity index is 1.95. The number of hydrogen-bond acceptors (Lipinski definition) is 3. The highest BCUT2D eigenvalue weighted by Gasteiger charge is 2.55. The summed E-state index contributed by atoms with van der Waals surface area (Å²) in [6.07, 6.45) is 2.55. The van der Waals surface area contributed by atoms with Gasteiger partial charge in [-0.2, -0.15) is 0 Å². The number of carboxylic acids is 1. The zero-order chi connectivity index (χ0) is 13.2. The van der Waals surface area contributed by atoms with E-state index in [4.69, 9.17) is 4.74 Å². The minimum Gasteiger partial charge on any atom is -0.481 e. The SMILES string of the molecule is COCCNC(=O)N1C[C@@H]2CCC[C@@]2(C(=O)O)C1. The van der Waals surface area contributed by atoms with Crippen LogP contribution in [0.4, 0.5) is 4.79 Å². The maximum atomic E-state index is 11.9. The lowest BCUT2D eigenvalue weighted by Crippen LogP contribution is -2.42. The topological polar surface area (TPSA) is 78.9 Å². The first-order valence-corrected chi connectivity index (χ1v) is 6.35. The van der Waals surface area contributed by atoms with Gasteiger partial charge in [-0.05, 0) is 18.8 Å². The van der Waals surface area contributed by atoms with Crippen LogP contribution in [-0.2, 0) is 9.53 Å². The number of aliphatic carboxylic acids is 1. The Hall–Kier alpha value is -1.30. The Morgan fingerprint density at radius 3 is 2.94 bits per heavy atom. The summed E-state index contributed by atoms with van der Waals surface area (Å²) in [4.78, 5) is 25.0. The number of fused-ring (bicyclic) bond motifs is 1. The maximum absolute atomic E-state index is 11.9. The van der Waals surface area contributed by atoms with Gasteiger partial charge in [0.15, 0.2) is 0 Å². The lowest BCUT2D eigenvalue weighted by Gasteiger charge is -2.23. The summed E-state index contributed by atoms with van der Waals surface area (Å²) in [6.45, 7) is 1.82. The summed E-state index contributed by atoms with van der Waals surface area (Å²) in [5.74, 6) is -0.639. The zero-order valence-corrected chi connectivity index (χ0v) is 10.6. The number of amides is 2. The second kappa shape index (κ2) is 5.14. The molecule has 2 aliphatic rings. The van der Waals surface area contributed by atoms with Crippen LogP contribution in [-0.4, -0.2) is 55.4 Å². The minimum absolute atomic E-state index is 0.114. The Morgan fingerprint density at radius 2 is 2.33 bits per heavy atom. The predicted octanol–water partition coefficient (Wildman–Crippen LogP) is 0.529. The molecule has 0 aromatic heterocycles. The average molecular weight is 256 g/mol. The molecule has 0 aromatic rings. The number of urea groups is 1. The molecule has 0 bridgehead atoms. The van der Waals surface area contributed by atoms with Crippen LogP contribution in [0, 0.1) is 11.3 Å². The van der Waals surface area contributed by atoms with Gasteiger partial charge in [0, 0.05) is 26.7 Å². The van der Waals surface area contributed by atoms with E-state index in [1.807, 2.05) is 0 Å². The van der Waals surface area contributed by atoms with Crippen molar-refractivity contribution in [1.29, 1.82) is 0 Å². The molecule has 1 aliphatic carbocycles. The monoisotopic (exact) mass is 256 g/mol. The molecule has 1 saturated carbocycles. The van der Waals surface area contributed by atoms with E-state index >= 15 is 0 Å². The van der Waals surface area contributed by atoms with Crippen LogP contribution in [0.2, 0.25) is 0 Å². The summed E-state index contributed by atoms with van der Waals surface area (Å²) in [7, 11) is 1.58. The fraction of sp³-hybridized carbons (Fsp3) is 0.833. The molecule has 2 N–H and O–H groups in total. The van der Waals surface area contributed by atoms with Crippen LogP contribution in [0.3, 0.4) is 0 Å². The molecule has 2 atom stereocenters. The van der Waals surface area contributed by atoms with E-state index < -0.39 is 11.4 Å². The number of methoxy groups -OCH3 is 1. The Bertz CT molecular complexity index is 347. The molecule has 1 aliphatic heterocycles. The number of carbonyl (C=O) groups is 2. The van der Waals surface area contributed by atoms with E-state index in [9.17, 15) is 14.7 Å². The normalized spacial score (nSPS) is 30.3. The molecule has 0 radical (unpaired) electrons. The van der Waals surface area contributed by atoms with E-state index in [2.05, 4.69) is 5.32 Å². The molecule has 6 nitrogen and oxygen atoms in total. The standard InChI is InChI=1S/C12H20N2O4/c1-18-6-5-13-11(17)14-7-9-3-2-4-12(9,8-14)10(15)16/h9H,2-8H2,1H3,(H,13,17)(H,15,16)/t9-,12+/m0/s1. The van der Waals surface area contributed by atoms with Gasteiger partial charge in [0.25, 0.3) is 0 Å². The molecule has 102 valence electrons. The van der Waals surface area contributed by atoms with Crippen molar-refractivity contribution in [1.82, 2.24) is 10.2 Å². The first kappa shape index (κ1) is 13.1. The zero-order valence-electron chi connectivity index (χ0n) is 10.6. The lowest BCUT2D eigenvalue weighted by molar-refractivity contribution is -0.149. The van der Waals surface area contributed by atoms with Gasteiger partial charge in [0.2, 0.25) is 0 Å². The van der Waals surface area contributed by atoms with Crippen LogP contribution >= 0.6 is 0 Å². The molecule has 0 unspecified atom stereocenters. The van der Waals surface area contributed by atoms with Crippen LogP contribution in [0.5, 0.6) is 0 Å². The van der Waals surface area contributed by atoms with Gasteiger partial charge in [0.05, 0.1) is 12.0 Å². The van der Waals surface area contributed by atoms with Gasteiger partial charge in [-0.25, -0.2) is 4.79 Å². The Morgan fingerprint density at radius 1 is 1.56 bits per heavy atom. The number of likely N-dealkylation sites (tertiary alicyclic amines) is 1. The van der Waals surface area contributed by atoms with Gasteiger partial charge in [-0.1, -0.05) is 6.42 Å². The smallest absolute Gasteiger partial charge is 0.317 e. The van der Waals surface area contributed by atoms with E-state index in [0.29, 0.717) is 32.7 Å². The number of nitrogens with zero attached hydrogens (tertiary/aromatic N) is 1. The van der Waals surface area contributed by atoms with Gasteiger partial charge in [-0.15, -0.1) is 0 Å². The summed E-state index contributed by atoms with van der Waals surface area (Å²) in [6, 6.07) is -0.179. The van der Waals surface area contributed by atoms with E-state index in [1.165, 1.54) is 0 Å². The van der Waals surface area contributed by atoms with Crippen LogP contribution in [0.15, 0.2) is 0 Å². The molecule has 0 spiro atoms. The highest BCUT2D eigenvalue weighted by Crippen LogP contribution is 2.48. The molecular weight excluding hydrogens is 236 g/mol. The molecule has 1 saturated heterocycles. The van der Waals surface area contributed by atoms with Crippen molar-refractivity contribution in [2.75, 3.05) is 33.4 Å². The second-order valence-electron chi connectivity index (χ2n) is 5.16. The largest absolute Gasteiger partial charge is 0.481 e. The van der Waals surface area contributed by atoms with Crippen molar-refractivity contribution < 1.29 is 19.4 Å². The quantitative estimate of drug-likeness (QED) is 0.719. The van der Waals surface area contributed by atoms with Crippen molar-refractivity contribution >= 4 is 12.0 Å². The number of rotatable bonds is 4. The Kier molecular flexibility index (Phi) is 3.75. The number of nitrogens with one attached hydrogen (secondary N) is 1. The molecule has 2 amide bonds. The summed E-state index contributed by atoms with van der Waals surface area (Å²) in [5.41, 5.74) is -0.696. The predicted molar refractivity (Wildman–Crippen MR) is 64.3 cm³/mol. The first-order chi connectivity index (χ1) is 8.60. The van der Waals surface area contributed by atoms with Gasteiger partial charge in [-0.3, -0.25) is 4.79 Å². The molecule has 0 aromatic carbocycles. The third-order valence-corrected chi connectivity index (χ3v) is 4.17. The fourth-order valence-corrected chi connectivity index (χ4v) is 3.17. The van der Waals surface area contributed by atoms with Crippen LogP contribution in [0.1, 0.15) is 19.3 Å². The number of hydrogen-bond donors (Lipinski definition) is 2. The minimum atomic E-state index is -0.753. The summed E-state index contributed by atoms with van der Waals surface area (Å²) in [5, 5.41) is 12.1. The van der Waals surface area contributed by atoms with Crippen molar-refractivity contribution in [3.8, 4) is 0 Å². The van der Waals surface area contributed by atoms with Crippen molar-refractivity contribution in [2.45, 2.75) is 19.3 Å². The number of ether oxygens (including phenoxy) is 1. The fourth-order valence-electron chi connectivity index (χ4n) is 3.17. The van der Waals surface area contributed by atoms with Crippen molar-refractivity contribution in [3.63, 3.8) is 0 Å². The van der Waals surface area contributed by atoms with Crippen LogP contribution < -0.4 is 5.32 Å². The van der Waals surface area contributed by atoms with Crippen LogP contribution in [0.25, 0.3) is 0 Å². The molecule has 2 rings (SSSR count). The molecular formula is C12H20N2O4. The summed E-state index contributed by atoms with van der Waals surface area (Å²) >= 11 is 0. The van der Waals surface area contributed by atoms with Gasteiger partial charge >= 0.3 is 12.0 Å². The summed E-state index contributed by atoms with van der Waals surface area (Å²) < 4.78 is 4.86. The van der Waals surface area contributed by atoms with E-state index in [0.717, 1.165) is 12.8 Å². The Labute approximate surface area is 106 Å². The van der Waals surface area contributed by atoms with E-state index in [-0.39, 0.29) is 11.9 Å². The molecule has 18 heavy (non-hydrogen) atoms. The molecule has 6 heteroatoms. The lowest BCUT2D eigenvalue weighted by atomic mass is 9.81. The molecule has 2 fully saturated rings. The number of carbonyl (C=O) groups excluding carboxylic acids is 1. The van der Waals surface area contributed by atoms with Crippen molar-refractivity contribution in [2.24, 2.45) is 11.3 Å². The maximum Gasteiger partial charge on any atom is 0.317 e. The first-order valence-electron chi connectivity index (χ1n) is 6.35. The third-order valence-electron chi connectivity index (χ3n) is 4.17. The third kappa shape index (κ3) is 2.16. The average Bonchev–Trinajstić information content (AvgIpc) is 2.85.